The second-order valence-corrected chi connectivity index (χ2v) is 6.02. The molecule has 0 aliphatic carbocycles. The van der Waals surface area contributed by atoms with E-state index in [1.54, 1.807) is 18.2 Å². The Morgan fingerprint density at radius 2 is 2.11 bits per heavy atom. The zero-order valence-electron chi connectivity index (χ0n) is 17.7. The zero-order valence-corrected chi connectivity index (χ0v) is 14.7. The molecule has 2 N–H and O–H groups in total. The third-order valence-corrected chi connectivity index (χ3v) is 4.06. The smallest absolute Gasteiger partial charge is 0.222 e. The summed E-state index contributed by atoms with van der Waals surface area (Å²) in [7, 11) is -2.59. The molecule has 0 saturated carbocycles. The van der Waals surface area contributed by atoms with Gasteiger partial charge in [0.05, 0.1) is 51.5 Å². The van der Waals surface area contributed by atoms with Crippen LogP contribution in [0, 0.1) is 5.82 Å². The van der Waals surface area contributed by atoms with Gasteiger partial charge < -0.3 is 15.0 Å². The fourth-order valence-electron chi connectivity index (χ4n) is 2.94. The Morgan fingerprint density at radius 3 is 2.86 bits per heavy atom. The second-order valence-electron chi connectivity index (χ2n) is 6.02. The van der Waals surface area contributed by atoms with Gasteiger partial charge in [-0.05, 0) is 24.3 Å². The molecule has 0 bridgehead atoms. The molecule has 4 aromatic heterocycles. The number of anilines is 1. The molecule has 0 atom stereocenters. The number of H-pyrrole nitrogens is 1. The molecule has 4 rings (SSSR count). The lowest BCUT2D eigenvalue weighted by Gasteiger charge is -2.07. The topological polar surface area (TPSA) is 92.8 Å². The maximum Gasteiger partial charge on any atom is 0.222 e. The standard InChI is InChI=1S/C20H16FN5O2/c1-11(27)25-17-7-12(5-6-22-17)19-18(15-4-3-14(28-2)10-23-15)20-16(26-19)8-13(21)9-24-20/h3-10,26H,1-2H3,(H,22,25,27)/i2D3. The SMILES string of the molecule is [2H]C([2H])([2H])Oc1ccc(-c2c(-c3ccnc(NC(C)=O)c3)[nH]c3cc(F)cnc23)nc1. The molecule has 7 nitrogen and oxygen atoms in total. The first kappa shape index (κ1) is 14.3. The summed E-state index contributed by atoms with van der Waals surface area (Å²) in [5.74, 6) is -0.337. The molecule has 28 heavy (non-hydrogen) atoms. The van der Waals surface area contributed by atoms with Crippen LogP contribution >= 0.6 is 0 Å². The lowest BCUT2D eigenvalue weighted by atomic mass is 10.0. The highest BCUT2D eigenvalue weighted by atomic mass is 19.1. The zero-order chi connectivity index (χ0) is 22.2. The first-order chi connectivity index (χ1) is 14.7. The van der Waals surface area contributed by atoms with Crippen LogP contribution in [0.2, 0.25) is 0 Å². The molecular formula is C20H16FN5O2. The summed E-state index contributed by atoms with van der Waals surface area (Å²) in [4.78, 5) is 27.2. The van der Waals surface area contributed by atoms with E-state index in [4.69, 9.17) is 8.85 Å². The maximum absolute atomic E-state index is 13.8. The first-order valence-corrected chi connectivity index (χ1v) is 8.26. The molecule has 4 aromatic rings. The first-order valence-electron chi connectivity index (χ1n) is 9.76. The molecule has 0 spiro atoms. The highest BCUT2D eigenvalue weighted by molar-refractivity contribution is 6.01. The van der Waals surface area contributed by atoms with Crippen LogP contribution < -0.4 is 10.1 Å². The van der Waals surface area contributed by atoms with E-state index in [1.807, 2.05) is 0 Å². The number of rotatable bonds is 4. The van der Waals surface area contributed by atoms with Gasteiger partial charge in [-0.15, -0.1) is 0 Å². The quantitative estimate of drug-likeness (QED) is 0.562. The molecule has 140 valence electrons. The van der Waals surface area contributed by atoms with E-state index in [9.17, 15) is 9.18 Å². The van der Waals surface area contributed by atoms with Gasteiger partial charge in [0.1, 0.15) is 17.4 Å². The van der Waals surface area contributed by atoms with Crippen LogP contribution in [0.4, 0.5) is 10.2 Å². The van der Waals surface area contributed by atoms with Crippen LogP contribution in [0.3, 0.4) is 0 Å². The molecule has 0 unspecified atom stereocenters. The average Bonchev–Trinajstić information content (AvgIpc) is 3.05. The Kier molecular flexibility index (Phi) is 3.60. The number of hydrogen-bond acceptors (Lipinski definition) is 5. The normalized spacial score (nSPS) is 12.9. The van der Waals surface area contributed by atoms with Crippen LogP contribution in [0.5, 0.6) is 5.75 Å². The van der Waals surface area contributed by atoms with Crippen LogP contribution in [-0.2, 0) is 4.79 Å². The average molecular weight is 380 g/mol. The van der Waals surface area contributed by atoms with Crippen LogP contribution in [-0.4, -0.2) is 32.9 Å². The molecule has 0 radical (unpaired) electrons. The Labute approximate surface area is 163 Å². The lowest BCUT2D eigenvalue weighted by molar-refractivity contribution is -0.114. The number of ether oxygens (including phenoxy) is 1. The minimum absolute atomic E-state index is 0.0843. The summed E-state index contributed by atoms with van der Waals surface area (Å²) in [5.41, 5.74) is 3.22. The summed E-state index contributed by atoms with van der Waals surface area (Å²) >= 11 is 0. The largest absolute Gasteiger partial charge is 0.495 e. The minimum atomic E-state index is -2.59. The molecule has 1 amide bonds. The van der Waals surface area contributed by atoms with E-state index in [-0.39, 0.29) is 11.7 Å². The third kappa shape index (κ3) is 3.27. The van der Waals surface area contributed by atoms with E-state index in [1.165, 1.54) is 31.5 Å². The van der Waals surface area contributed by atoms with Gasteiger partial charge in [0.15, 0.2) is 0 Å². The molecule has 0 aliphatic heterocycles. The third-order valence-electron chi connectivity index (χ3n) is 4.06. The second kappa shape index (κ2) is 7.07. The molecule has 0 aromatic carbocycles. The Hall–Kier alpha value is -3.81. The van der Waals surface area contributed by atoms with Crippen molar-refractivity contribution in [3.05, 3.63) is 54.7 Å². The number of aromatic amines is 1. The fraction of sp³-hybridized carbons (Fsp3) is 0.100. The number of aromatic nitrogens is 4. The number of carbonyl (C=O) groups excluding carboxylic acids is 1. The van der Waals surface area contributed by atoms with Gasteiger partial charge in [-0.1, -0.05) is 0 Å². The van der Waals surface area contributed by atoms with Gasteiger partial charge in [0, 0.05) is 24.8 Å². The number of nitrogens with zero attached hydrogens (tertiary/aromatic N) is 3. The number of carbonyl (C=O) groups is 1. The Balaban J connectivity index is 1.86. The maximum atomic E-state index is 13.8. The highest BCUT2D eigenvalue weighted by Gasteiger charge is 2.18. The van der Waals surface area contributed by atoms with Crippen molar-refractivity contribution in [2.75, 3.05) is 12.4 Å². The van der Waals surface area contributed by atoms with Crippen molar-refractivity contribution in [3.63, 3.8) is 0 Å². The van der Waals surface area contributed by atoms with Gasteiger partial charge in [-0.2, -0.15) is 0 Å². The monoisotopic (exact) mass is 380 g/mol. The molecule has 0 fully saturated rings. The predicted molar refractivity (Wildman–Crippen MR) is 103 cm³/mol. The van der Waals surface area contributed by atoms with Crippen LogP contribution in [0.25, 0.3) is 33.5 Å². The number of pyridine rings is 3. The number of hydrogen-bond donors (Lipinski definition) is 2. The molecule has 4 heterocycles. The number of fused-ring (bicyclic) bond motifs is 1. The van der Waals surface area contributed by atoms with Crippen molar-refractivity contribution in [2.24, 2.45) is 0 Å². The number of methoxy groups -OCH3 is 1. The van der Waals surface area contributed by atoms with Crippen molar-refractivity contribution < 1.29 is 18.0 Å². The lowest BCUT2D eigenvalue weighted by Crippen LogP contribution is -2.07. The summed E-state index contributed by atoms with van der Waals surface area (Å²) in [5, 5.41) is 2.62. The van der Waals surface area contributed by atoms with Crippen molar-refractivity contribution in [3.8, 4) is 28.3 Å². The van der Waals surface area contributed by atoms with Crippen molar-refractivity contribution >= 4 is 22.8 Å². The Bertz CT molecular complexity index is 1270. The van der Waals surface area contributed by atoms with Gasteiger partial charge in [-0.25, -0.2) is 9.37 Å². The van der Waals surface area contributed by atoms with E-state index in [2.05, 4.69) is 25.3 Å². The molecular weight excluding hydrogens is 361 g/mol. The van der Waals surface area contributed by atoms with Gasteiger partial charge >= 0.3 is 0 Å². The fourth-order valence-corrected chi connectivity index (χ4v) is 2.94. The van der Waals surface area contributed by atoms with Crippen molar-refractivity contribution in [1.29, 1.82) is 0 Å². The molecule has 0 saturated heterocycles. The van der Waals surface area contributed by atoms with Crippen LogP contribution in [0.15, 0.2) is 48.9 Å². The van der Waals surface area contributed by atoms with E-state index in [0.29, 0.717) is 39.4 Å². The molecule has 8 heteroatoms. The summed E-state index contributed by atoms with van der Waals surface area (Å²) in [6.45, 7) is 1.38. The summed E-state index contributed by atoms with van der Waals surface area (Å²) in [6.07, 6.45) is 3.93. The molecule has 0 aliphatic rings. The number of amides is 1. The number of halogens is 1. The number of nitrogens with one attached hydrogen (secondary N) is 2. The van der Waals surface area contributed by atoms with Crippen molar-refractivity contribution in [2.45, 2.75) is 6.92 Å². The predicted octanol–water partition coefficient (Wildman–Crippen LogP) is 3.79. The Morgan fingerprint density at radius 1 is 1.21 bits per heavy atom. The van der Waals surface area contributed by atoms with Crippen molar-refractivity contribution in [1.82, 2.24) is 19.9 Å². The van der Waals surface area contributed by atoms with Gasteiger partial charge in [0.25, 0.3) is 0 Å². The van der Waals surface area contributed by atoms with E-state index < -0.39 is 12.9 Å². The van der Waals surface area contributed by atoms with Crippen LogP contribution in [0.1, 0.15) is 11.0 Å². The summed E-state index contributed by atoms with van der Waals surface area (Å²) in [6, 6.07) is 7.78. The minimum Gasteiger partial charge on any atom is -0.495 e. The van der Waals surface area contributed by atoms with E-state index >= 15 is 0 Å². The van der Waals surface area contributed by atoms with E-state index in [0.717, 1.165) is 6.20 Å². The van der Waals surface area contributed by atoms with Gasteiger partial charge in [-0.3, -0.25) is 14.8 Å². The summed E-state index contributed by atoms with van der Waals surface area (Å²) < 4.78 is 40.2. The highest BCUT2D eigenvalue weighted by Crippen LogP contribution is 2.37. The van der Waals surface area contributed by atoms with Gasteiger partial charge in [0.2, 0.25) is 5.91 Å².